The van der Waals surface area contributed by atoms with Crippen LogP contribution in [-0.2, 0) is 5.41 Å². The Labute approximate surface area is 155 Å². The van der Waals surface area contributed by atoms with Gasteiger partial charge in [0.2, 0.25) is 0 Å². The zero-order chi connectivity index (χ0) is 18.1. The molecular weight excluding hydrogens is 318 g/mol. The second-order valence-electron chi connectivity index (χ2n) is 7.34. The van der Waals surface area contributed by atoms with E-state index in [0.717, 1.165) is 22.1 Å². The molecule has 1 aliphatic rings. The standard InChI is InChI=1S/C21H21N3.C2H6/c1-21(12-6-2-7-13-21)20-19-18(15-9-3-4-10-16(15)22-20)23-17-11-5-8-14-24(17)19;1-2/h3-5,8-11,14H,2,6-7,12-13H2,1H3;1-2H3. The van der Waals surface area contributed by atoms with Gasteiger partial charge in [-0.3, -0.25) is 4.40 Å². The third-order valence-electron chi connectivity index (χ3n) is 5.67. The summed E-state index contributed by atoms with van der Waals surface area (Å²) in [6.07, 6.45) is 8.49. The predicted molar refractivity (Wildman–Crippen MR) is 110 cm³/mol. The van der Waals surface area contributed by atoms with Crippen LogP contribution in [0.5, 0.6) is 0 Å². The zero-order valence-electron chi connectivity index (χ0n) is 16.0. The Morgan fingerprint density at radius 3 is 2.42 bits per heavy atom. The van der Waals surface area contributed by atoms with E-state index >= 15 is 0 Å². The molecule has 0 aliphatic heterocycles. The van der Waals surface area contributed by atoms with Gasteiger partial charge in [-0.25, -0.2) is 9.97 Å². The minimum Gasteiger partial charge on any atom is -0.298 e. The van der Waals surface area contributed by atoms with Crippen molar-refractivity contribution >= 4 is 27.6 Å². The molecule has 5 rings (SSSR count). The monoisotopic (exact) mass is 345 g/mol. The van der Waals surface area contributed by atoms with E-state index in [1.165, 1.54) is 43.3 Å². The van der Waals surface area contributed by atoms with Crippen molar-refractivity contribution in [3.8, 4) is 0 Å². The Bertz CT molecular complexity index is 1060. The first kappa shape index (κ1) is 17.0. The summed E-state index contributed by atoms with van der Waals surface area (Å²) in [4.78, 5) is 10.1. The van der Waals surface area contributed by atoms with E-state index in [2.05, 4.69) is 60.0 Å². The fraction of sp³-hybridized carbons (Fsp3) is 0.391. The van der Waals surface area contributed by atoms with Gasteiger partial charge in [-0.1, -0.05) is 64.3 Å². The van der Waals surface area contributed by atoms with Crippen LogP contribution in [0.1, 0.15) is 58.6 Å². The van der Waals surface area contributed by atoms with Crippen LogP contribution in [0.25, 0.3) is 27.6 Å². The van der Waals surface area contributed by atoms with Crippen molar-refractivity contribution in [2.45, 2.75) is 58.3 Å². The molecule has 3 nitrogen and oxygen atoms in total. The maximum Gasteiger partial charge on any atom is 0.137 e. The van der Waals surface area contributed by atoms with Crippen molar-refractivity contribution in [1.29, 1.82) is 0 Å². The molecule has 26 heavy (non-hydrogen) atoms. The van der Waals surface area contributed by atoms with E-state index in [4.69, 9.17) is 9.97 Å². The Balaban J connectivity index is 0.000000814. The number of nitrogens with zero attached hydrogens (tertiary/aromatic N) is 3. The fourth-order valence-electron chi connectivity index (χ4n) is 4.34. The smallest absolute Gasteiger partial charge is 0.137 e. The summed E-state index contributed by atoms with van der Waals surface area (Å²) in [7, 11) is 0. The number of benzene rings is 1. The average molecular weight is 345 g/mol. The van der Waals surface area contributed by atoms with E-state index in [-0.39, 0.29) is 5.41 Å². The first-order chi connectivity index (χ1) is 12.8. The van der Waals surface area contributed by atoms with Crippen LogP contribution in [0.15, 0.2) is 48.7 Å². The van der Waals surface area contributed by atoms with Gasteiger partial charge in [-0.05, 0) is 31.0 Å². The van der Waals surface area contributed by atoms with Crippen LogP contribution >= 0.6 is 0 Å². The third-order valence-corrected chi connectivity index (χ3v) is 5.67. The number of pyridine rings is 2. The van der Waals surface area contributed by atoms with Gasteiger partial charge in [0.05, 0.1) is 16.7 Å². The number of para-hydroxylation sites is 1. The number of fused-ring (bicyclic) bond motifs is 5. The van der Waals surface area contributed by atoms with Crippen LogP contribution in [0.4, 0.5) is 0 Å². The summed E-state index contributed by atoms with van der Waals surface area (Å²) in [5, 5.41) is 1.15. The second kappa shape index (κ2) is 6.71. The lowest BCUT2D eigenvalue weighted by atomic mass is 9.72. The van der Waals surface area contributed by atoms with E-state index in [1.54, 1.807) is 0 Å². The molecule has 1 aromatic carbocycles. The Morgan fingerprint density at radius 2 is 1.62 bits per heavy atom. The zero-order valence-corrected chi connectivity index (χ0v) is 16.0. The normalized spacial score (nSPS) is 16.6. The lowest BCUT2D eigenvalue weighted by molar-refractivity contribution is 0.315. The van der Waals surface area contributed by atoms with Gasteiger partial charge in [0.1, 0.15) is 11.2 Å². The lowest BCUT2D eigenvalue weighted by Crippen LogP contribution is -2.27. The van der Waals surface area contributed by atoms with Gasteiger partial charge >= 0.3 is 0 Å². The number of rotatable bonds is 1. The van der Waals surface area contributed by atoms with Crippen molar-refractivity contribution in [1.82, 2.24) is 14.4 Å². The van der Waals surface area contributed by atoms with Crippen LogP contribution in [-0.4, -0.2) is 14.4 Å². The highest BCUT2D eigenvalue weighted by Gasteiger charge is 2.33. The van der Waals surface area contributed by atoms with Crippen molar-refractivity contribution in [2.24, 2.45) is 0 Å². The Morgan fingerprint density at radius 1 is 0.885 bits per heavy atom. The molecule has 3 heteroatoms. The van der Waals surface area contributed by atoms with Crippen molar-refractivity contribution < 1.29 is 0 Å². The Hall–Kier alpha value is -2.42. The maximum absolute atomic E-state index is 5.16. The highest BCUT2D eigenvalue weighted by atomic mass is 15.0. The van der Waals surface area contributed by atoms with E-state index < -0.39 is 0 Å². The van der Waals surface area contributed by atoms with Gasteiger partial charge in [0.25, 0.3) is 0 Å². The van der Waals surface area contributed by atoms with Crippen LogP contribution in [0.2, 0.25) is 0 Å². The van der Waals surface area contributed by atoms with Crippen LogP contribution in [0.3, 0.4) is 0 Å². The quantitative estimate of drug-likeness (QED) is 0.406. The van der Waals surface area contributed by atoms with Crippen LogP contribution in [0, 0.1) is 0 Å². The second-order valence-corrected chi connectivity index (χ2v) is 7.34. The third kappa shape index (κ3) is 2.57. The molecule has 3 aromatic heterocycles. The van der Waals surface area contributed by atoms with E-state index in [9.17, 15) is 0 Å². The summed E-state index contributed by atoms with van der Waals surface area (Å²) < 4.78 is 2.23. The van der Waals surface area contributed by atoms with Gasteiger partial charge in [0.15, 0.2) is 0 Å². The molecule has 0 amide bonds. The molecule has 3 heterocycles. The number of hydrogen-bond donors (Lipinski definition) is 0. The first-order valence-electron chi connectivity index (χ1n) is 9.92. The summed E-state index contributed by atoms with van der Waals surface area (Å²) in [5.74, 6) is 0. The molecule has 1 saturated carbocycles. The molecule has 0 atom stereocenters. The molecule has 4 aromatic rings. The number of imidazole rings is 1. The maximum atomic E-state index is 5.16. The molecule has 0 saturated heterocycles. The molecule has 0 unspecified atom stereocenters. The molecular formula is C23H27N3. The highest BCUT2D eigenvalue weighted by molar-refractivity contribution is 6.04. The molecule has 134 valence electrons. The van der Waals surface area contributed by atoms with Gasteiger partial charge in [-0.15, -0.1) is 0 Å². The average Bonchev–Trinajstić information content (AvgIpc) is 3.09. The summed E-state index contributed by atoms with van der Waals surface area (Å²) in [6, 6.07) is 14.6. The minimum absolute atomic E-state index is 0.145. The SMILES string of the molecule is CC.CC1(c2nc3ccccc3c3nc4ccccn4c23)CCCCC1. The predicted octanol–water partition coefficient (Wildman–Crippen LogP) is 6.28. The fourth-order valence-corrected chi connectivity index (χ4v) is 4.34. The van der Waals surface area contributed by atoms with Crippen molar-refractivity contribution in [2.75, 3.05) is 0 Å². The minimum atomic E-state index is 0.145. The van der Waals surface area contributed by atoms with Gasteiger partial charge < -0.3 is 0 Å². The molecule has 0 N–H and O–H groups in total. The topological polar surface area (TPSA) is 30.2 Å². The van der Waals surface area contributed by atoms with Crippen molar-refractivity contribution in [3.05, 3.63) is 54.4 Å². The molecule has 0 spiro atoms. The molecule has 0 radical (unpaired) electrons. The first-order valence-corrected chi connectivity index (χ1v) is 9.92. The van der Waals surface area contributed by atoms with Crippen LogP contribution < -0.4 is 0 Å². The van der Waals surface area contributed by atoms with Gasteiger partial charge in [0, 0.05) is 17.0 Å². The van der Waals surface area contributed by atoms with Gasteiger partial charge in [-0.2, -0.15) is 0 Å². The van der Waals surface area contributed by atoms with E-state index in [0.29, 0.717) is 0 Å². The summed E-state index contributed by atoms with van der Waals surface area (Å²) >= 11 is 0. The molecule has 1 aliphatic carbocycles. The largest absolute Gasteiger partial charge is 0.298 e. The summed E-state index contributed by atoms with van der Waals surface area (Å²) in [5.41, 5.74) is 5.74. The molecule has 1 fully saturated rings. The van der Waals surface area contributed by atoms with Crippen molar-refractivity contribution in [3.63, 3.8) is 0 Å². The summed E-state index contributed by atoms with van der Waals surface area (Å²) in [6.45, 7) is 6.39. The lowest BCUT2D eigenvalue weighted by Gasteiger charge is -2.33. The van der Waals surface area contributed by atoms with E-state index in [1.807, 2.05) is 13.8 Å². The Kier molecular flexibility index (Phi) is 4.39. The number of hydrogen-bond acceptors (Lipinski definition) is 2. The number of aromatic nitrogens is 3. The highest BCUT2D eigenvalue weighted by Crippen LogP contribution is 2.42. The molecule has 0 bridgehead atoms.